The van der Waals surface area contributed by atoms with Crippen molar-refractivity contribution in [3.63, 3.8) is 0 Å². The van der Waals surface area contributed by atoms with Crippen LogP contribution in [0.15, 0.2) is 0 Å². The van der Waals surface area contributed by atoms with Gasteiger partial charge in [-0.3, -0.25) is 9.59 Å². The van der Waals surface area contributed by atoms with Gasteiger partial charge in [0, 0.05) is 38.5 Å². The number of amides is 2. The van der Waals surface area contributed by atoms with Crippen molar-refractivity contribution in [3.05, 3.63) is 0 Å². The van der Waals surface area contributed by atoms with Crippen molar-refractivity contribution in [3.8, 4) is 0 Å². The molecule has 1 fully saturated rings. The first-order valence-electron chi connectivity index (χ1n) is 6.52. The Kier molecular flexibility index (Phi) is 6.67. The SMILES string of the molecule is CCC(CN)C(=O)NCCC(=O)N1CCOCC1. The van der Waals surface area contributed by atoms with Crippen LogP contribution in [-0.2, 0) is 14.3 Å². The minimum absolute atomic E-state index is 0.0604. The van der Waals surface area contributed by atoms with Crippen LogP contribution >= 0.6 is 0 Å². The van der Waals surface area contributed by atoms with Crippen molar-refractivity contribution >= 4 is 11.8 Å². The molecule has 0 radical (unpaired) electrons. The van der Waals surface area contributed by atoms with Gasteiger partial charge in [-0.05, 0) is 6.42 Å². The summed E-state index contributed by atoms with van der Waals surface area (Å²) in [6, 6.07) is 0. The molecule has 0 aromatic carbocycles. The monoisotopic (exact) mass is 257 g/mol. The molecule has 1 aliphatic heterocycles. The largest absolute Gasteiger partial charge is 0.378 e. The Morgan fingerprint density at radius 1 is 1.39 bits per heavy atom. The van der Waals surface area contributed by atoms with E-state index >= 15 is 0 Å². The highest BCUT2D eigenvalue weighted by atomic mass is 16.5. The van der Waals surface area contributed by atoms with Crippen molar-refractivity contribution < 1.29 is 14.3 Å². The van der Waals surface area contributed by atoms with Crippen molar-refractivity contribution in [2.45, 2.75) is 19.8 Å². The van der Waals surface area contributed by atoms with E-state index < -0.39 is 0 Å². The highest BCUT2D eigenvalue weighted by Gasteiger charge is 2.18. The van der Waals surface area contributed by atoms with Gasteiger partial charge in [-0.2, -0.15) is 0 Å². The van der Waals surface area contributed by atoms with Crippen LogP contribution in [0.4, 0.5) is 0 Å². The Balaban J connectivity index is 2.20. The summed E-state index contributed by atoms with van der Waals surface area (Å²) in [6.07, 6.45) is 1.06. The molecule has 6 heteroatoms. The summed E-state index contributed by atoms with van der Waals surface area (Å²) in [5.74, 6) is -0.141. The van der Waals surface area contributed by atoms with Gasteiger partial charge in [-0.1, -0.05) is 6.92 Å². The van der Waals surface area contributed by atoms with Crippen LogP contribution in [0.3, 0.4) is 0 Å². The minimum atomic E-state index is -0.150. The van der Waals surface area contributed by atoms with Crippen molar-refractivity contribution in [1.29, 1.82) is 0 Å². The van der Waals surface area contributed by atoms with Gasteiger partial charge in [0.05, 0.1) is 13.2 Å². The van der Waals surface area contributed by atoms with E-state index in [1.807, 2.05) is 6.92 Å². The zero-order chi connectivity index (χ0) is 13.4. The third-order valence-corrected chi connectivity index (χ3v) is 3.15. The van der Waals surface area contributed by atoms with Gasteiger partial charge in [-0.25, -0.2) is 0 Å². The average molecular weight is 257 g/mol. The van der Waals surface area contributed by atoms with E-state index in [4.69, 9.17) is 10.5 Å². The second kappa shape index (κ2) is 8.05. The number of carbonyl (C=O) groups excluding carboxylic acids is 2. The Labute approximate surface area is 108 Å². The molecular formula is C12H23N3O3. The molecule has 0 aromatic rings. The standard InChI is InChI=1S/C12H23N3O3/c1-2-10(9-13)12(17)14-4-3-11(16)15-5-7-18-8-6-15/h10H,2-9,13H2,1H3,(H,14,17). The normalized spacial score (nSPS) is 17.3. The third kappa shape index (κ3) is 4.62. The fourth-order valence-corrected chi connectivity index (χ4v) is 1.87. The minimum Gasteiger partial charge on any atom is -0.378 e. The lowest BCUT2D eigenvalue weighted by Crippen LogP contribution is -2.42. The second-order valence-electron chi connectivity index (χ2n) is 4.38. The van der Waals surface area contributed by atoms with Gasteiger partial charge >= 0.3 is 0 Å². The molecule has 2 amide bonds. The molecule has 0 saturated carbocycles. The van der Waals surface area contributed by atoms with Crippen LogP contribution in [0.25, 0.3) is 0 Å². The van der Waals surface area contributed by atoms with E-state index in [9.17, 15) is 9.59 Å². The molecule has 18 heavy (non-hydrogen) atoms. The molecule has 0 aliphatic carbocycles. The molecule has 0 spiro atoms. The molecule has 0 bridgehead atoms. The number of nitrogens with zero attached hydrogens (tertiary/aromatic N) is 1. The Bertz CT molecular complexity index is 274. The van der Waals surface area contributed by atoms with Crippen molar-refractivity contribution in [1.82, 2.24) is 10.2 Å². The van der Waals surface area contributed by atoms with E-state index in [-0.39, 0.29) is 17.7 Å². The summed E-state index contributed by atoms with van der Waals surface area (Å²) in [7, 11) is 0. The highest BCUT2D eigenvalue weighted by Crippen LogP contribution is 2.01. The lowest BCUT2D eigenvalue weighted by atomic mass is 10.1. The summed E-state index contributed by atoms with van der Waals surface area (Å²) in [4.78, 5) is 25.2. The van der Waals surface area contributed by atoms with Crippen molar-refractivity contribution in [2.75, 3.05) is 39.4 Å². The van der Waals surface area contributed by atoms with Crippen LogP contribution in [0.5, 0.6) is 0 Å². The van der Waals surface area contributed by atoms with Gasteiger partial charge in [0.15, 0.2) is 0 Å². The quantitative estimate of drug-likeness (QED) is 0.661. The molecule has 1 atom stereocenters. The first kappa shape index (κ1) is 14.9. The summed E-state index contributed by atoms with van der Waals surface area (Å²) in [6.45, 7) is 5.15. The van der Waals surface area contributed by atoms with E-state index in [2.05, 4.69) is 5.32 Å². The number of hydrogen-bond acceptors (Lipinski definition) is 4. The van der Waals surface area contributed by atoms with Crippen LogP contribution in [-0.4, -0.2) is 56.1 Å². The zero-order valence-electron chi connectivity index (χ0n) is 11.0. The molecule has 1 aliphatic rings. The number of hydrogen-bond donors (Lipinski definition) is 2. The maximum Gasteiger partial charge on any atom is 0.224 e. The fraction of sp³-hybridized carbons (Fsp3) is 0.833. The number of morpholine rings is 1. The molecule has 1 rings (SSSR count). The van der Waals surface area contributed by atoms with Gasteiger partial charge in [-0.15, -0.1) is 0 Å². The molecule has 0 aromatic heterocycles. The summed E-state index contributed by atoms with van der Waals surface area (Å²) in [5.41, 5.74) is 5.48. The van der Waals surface area contributed by atoms with E-state index in [1.165, 1.54) is 0 Å². The van der Waals surface area contributed by atoms with E-state index in [1.54, 1.807) is 4.90 Å². The molecule has 104 valence electrons. The Hall–Kier alpha value is -1.14. The lowest BCUT2D eigenvalue weighted by molar-refractivity contribution is -0.135. The van der Waals surface area contributed by atoms with Gasteiger partial charge < -0.3 is 20.7 Å². The maximum absolute atomic E-state index is 11.8. The van der Waals surface area contributed by atoms with Crippen LogP contribution in [0.2, 0.25) is 0 Å². The maximum atomic E-state index is 11.8. The van der Waals surface area contributed by atoms with Crippen LogP contribution in [0.1, 0.15) is 19.8 Å². The van der Waals surface area contributed by atoms with Gasteiger partial charge in [0.25, 0.3) is 0 Å². The number of nitrogens with one attached hydrogen (secondary N) is 1. The van der Waals surface area contributed by atoms with Crippen LogP contribution < -0.4 is 11.1 Å². The molecule has 1 unspecified atom stereocenters. The summed E-state index contributed by atoms with van der Waals surface area (Å²) in [5, 5.41) is 2.76. The zero-order valence-corrected chi connectivity index (χ0v) is 11.0. The van der Waals surface area contributed by atoms with Gasteiger partial charge in [0.1, 0.15) is 0 Å². The number of rotatable bonds is 6. The van der Waals surface area contributed by atoms with Crippen LogP contribution in [0, 0.1) is 5.92 Å². The van der Waals surface area contributed by atoms with E-state index in [0.717, 1.165) is 6.42 Å². The Morgan fingerprint density at radius 3 is 2.61 bits per heavy atom. The summed E-state index contributed by atoms with van der Waals surface area (Å²) >= 11 is 0. The summed E-state index contributed by atoms with van der Waals surface area (Å²) < 4.78 is 5.18. The molecule has 1 heterocycles. The topological polar surface area (TPSA) is 84.7 Å². The fourth-order valence-electron chi connectivity index (χ4n) is 1.87. The number of carbonyl (C=O) groups is 2. The first-order chi connectivity index (χ1) is 8.69. The number of nitrogens with two attached hydrogens (primary N) is 1. The average Bonchev–Trinajstić information content (AvgIpc) is 2.41. The highest BCUT2D eigenvalue weighted by molar-refractivity contribution is 5.80. The second-order valence-corrected chi connectivity index (χ2v) is 4.38. The van der Waals surface area contributed by atoms with E-state index in [0.29, 0.717) is 45.8 Å². The lowest BCUT2D eigenvalue weighted by Gasteiger charge is -2.27. The molecule has 3 N–H and O–H groups in total. The smallest absolute Gasteiger partial charge is 0.224 e. The molecule has 1 saturated heterocycles. The van der Waals surface area contributed by atoms with Gasteiger partial charge in [0.2, 0.25) is 11.8 Å². The number of ether oxygens (including phenoxy) is 1. The molecular weight excluding hydrogens is 234 g/mol. The first-order valence-corrected chi connectivity index (χ1v) is 6.52. The predicted molar refractivity (Wildman–Crippen MR) is 67.9 cm³/mol. The third-order valence-electron chi connectivity index (χ3n) is 3.15. The Morgan fingerprint density at radius 2 is 2.06 bits per heavy atom. The molecule has 6 nitrogen and oxygen atoms in total. The predicted octanol–water partition coefficient (Wildman–Crippen LogP) is -0.664. The van der Waals surface area contributed by atoms with Crippen molar-refractivity contribution in [2.24, 2.45) is 11.7 Å².